The fourth-order valence-corrected chi connectivity index (χ4v) is 3.30. The molecule has 0 aliphatic carbocycles. The minimum atomic E-state index is -3.94. The van der Waals surface area contributed by atoms with Gasteiger partial charge in [-0.2, -0.15) is 4.98 Å². The fraction of sp³-hybridized carbons (Fsp3) is 0.143. The lowest BCUT2D eigenvalue weighted by molar-refractivity contribution is 0.192. The molecule has 0 unspecified atom stereocenters. The van der Waals surface area contributed by atoms with E-state index in [9.17, 15) is 8.42 Å². The van der Waals surface area contributed by atoms with Crippen molar-refractivity contribution in [2.24, 2.45) is 0 Å². The molecule has 0 fully saturated rings. The second-order valence-electron chi connectivity index (χ2n) is 6.04. The number of nitrogens with one attached hydrogen (secondary N) is 1. The van der Waals surface area contributed by atoms with Crippen molar-refractivity contribution >= 4 is 21.9 Å². The molecule has 0 amide bonds. The van der Waals surface area contributed by atoms with Crippen molar-refractivity contribution in [3.63, 3.8) is 0 Å². The molecule has 0 spiro atoms. The van der Waals surface area contributed by atoms with Crippen LogP contribution in [0.15, 0.2) is 66.3 Å². The zero-order valence-electron chi connectivity index (χ0n) is 16.6. The van der Waals surface area contributed by atoms with Crippen molar-refractivity contribution in [3.8, 4) is 23.1 Å². The molecule has 0 radical (unpaired) electrons. The Morgan fingerprint density at radius 3 is 2.45 bits per heavy atom. The lowest BCUT2D eigenvalue weighted by atomic mass is 10.2. The van der Waals surface area contributed by atoms with Gasteiger partial charge in [0.2, 0.25) is 5.75 Å². The summed E-state index contributed by atoms with van der Waals surface area (Å²) in [5.41, 5.74) is 0.716. The second-order valence-corrected chi connectivity index (χ2v) is 7.61. The van der Waals surface area contributed by atoms with Crippen molar-refractivity contribution in [3.05, 3.63) is 71.9 Å². The normalized spacial score (nSPS) is 11.3. The number of anilines is 1. The summed E-state index contributed by atoms with van der Waals surface area (Å²) in [6, 6.07) is 15.8. The zero-order valence-corrected chi connectivity index (χ0v) is 17.5. The van der Waals surface area contributed by atoms with E-state index in [4.69, 9.17) is 19.3 Å². The first-order valence-corrected chi connectivity index (χ1v) is 10.7. The fourth-order valence-electron chi connectivity index (χ4n) is 2.48. The third-order valence-electron chi connectivity index (χ3n) is 3.86. The highest BCUT2D eigenvalue weighted by atomic mass is 32.2. The van der Waals surface area contributed by atoms with Gasteiger partial charge >= 0.3 is 0 Å². The molecule has 162 valence electrons. The first kappa shape index (κ1) is 22.1. The molecule has 9 nitrogen and oxygen atoms in total. The van der Waals surface area contributed by atoms with Gasteiger partial charge in [0.25, 0.3) is 15.9 Å². The predicted octanol–water partition coefficient (Wildman–Crippen LogP) is 3.06. The van der Waals surface area contributed by atoms with Crippen LogP contribution in [-0.2, 0) is 10.0 Å². The smallest absolute Gasteiger partial charge is 0.263 e. The highest BCUT2D eigenvalue weighted by Gasteiger charge is 2.20. The largest absolute Gasteiger partial charge is 0.493 e. The summed E-state index contributed by atoms with van der Waals surface area (Å²) in [6.45, 7) is -0.335. The van der Waals surface area contributed by atoms with Crippen LogP contribution >= 0.6 is 0 Å². The van der Waals surface area contributed by atoms with Gasteiger partial charge in [0.15, 0.2) is 17.3 Å². The standard InChI is InChI=1S/C21H21N3O6S/c1-28-17-9-5-6-10-18(17)30-19-20(22-15-23-21(19)29-13-12-25)24-31(26,27)14-11-16-7-3-2-4-8-16/h2-11,14-15,25H,12-13H2,1H3,(H,22,23,24)/b14-11+. The quantitative estimate of drug-likeness (QED) is 0.491. The van der Waals surface area contributed by atoms with E-state index in [1.165, 1.54) is 13.2 Å². The number of para-hydroxylation sites is 2. The summed E-state index contributed by atoms with van der Waals surface area (Å²) in [4.78, 5) is 7.98. The van der Waals surface area contributed by atoms with Gasteiger partial charge in [-0.1, -0.05) is 42.5 Å². The predicted molar refractivity (Wildman–Crippen MR) is 116 cm³/mol. The van der Waals surface area contributed by atoms with Gasteiger partial charge in [-0.05, 0) is 23.8 Å². The molecule has 1 heterocycles. The third kappa shape index (κ3) is 6.17. The molecule has 2 N–H and O–H groups in total. The van der Waals surface area contributed by atoms with Crippen molar-refractivity contribution in [2.75, 3.05) is 25.0 Å². The summed E-state index contributed by atoms with van der Waals surface area (Å²) < 4.78 is 44.1. The molecule has 3 aromatic rings. The maximum atomic E-state index is 12.6. The highest BCUT2D eigenvalue weighted by molar-refractivity contribution is 7.95. The molecule has 3 rings (SSSR count). The number of rotatable bonds is 10. The number of aromatic nitrogens is 2. The maximum Gasteiger partial charge on any atom is 0.263 e. The van der Waals surface area contributed by atoms with Gasteiger partial charge in [-0.25, -0.2) is 13.4 Å². The van der Waals surface area contributed by atoms with Gasteiger partial charge < -0.3 is 19.3 Å². The first-order valence-electron chi connectivity index (χ1n) is 9.18. The maximum absolute atomic E-state index is 12.6. The average molecular weight is 443 g/mol. The zero-order chi connectivity index (χ0) is 22.1. The number of methoxy groups -OCH3 is 1. The summed E-state index contributed by atoms with van der Waals surface area (Å²) in [5, 5.41) is 10.1. The Kier molecular flexibility index (Phi) is 7.41. The van der Waals surface area contributed by atoms with E-state index in [0.29, 0.717) is 17.1 Å². The van der Waals surface area contributed by atoms with Gasteiger partial charge in [0.1, 0.15) is 12.9 Å². The van der Waals surface area contributed by atoms with E-state index in [1.807, 2.05) is 6.07 Å². The van der Waals surface area contributed by atoms with Crippen LogP contribution in [0.2, 0.25) is 0 Å². The number of aliphatic hydroxyl groups is 1. The topological polar surface area (TPSA) is 120 Å². The Bertz CT molecular complexity index is 1140. The lowest BCUT2D eigenvalue weighted by Gasteiger charge is -2.16. The van der Waals surface area contributed by atoms with Crippen molar-refractivity contribution in [2.45, 2.75) is 0 Å². The van der Waals surface area contributed by atoms with E-state index in [2.05, 4.69) is 14.7 Å². The Morgan fingerprint density at radius 1 is 1.03 bits per heavy atom. The first-order chi connectivity index (χ1) is 15.0. The minimum Gasteiger partial charge on any atom is -0.493 e. The van der Waals surface area contributed by atoms with Crippen LogP contribution in [-0.4, -0.2) is 43.8 Å². The van der Waals surface area contributed by atoms with Crippen LogP contribution in [0.3, 0.4) is 0 Å². The monoisotopic (exact) mass is 443 g/mol. The van der Waals surface area contributed by atoms with Gasteiger partial charge in [0.05, 0.1) is 19.1 Å². The van der Waals surface area contributed by atoms with Crippen LogP contribution in [0.5, 0.6) is 23.1 Å². The molecule has 0 saturated carbocycles. The number of nitrogens with zero attached hydrogens (tertiary/aromatic N) is 2. The van der Waals surface area contributed by atoms with Crippen LogP contribution in [0.25, 0.3) is 6.08 Å². The molecule has 2 aromatic carbocycles. The molecule has 0 aliphatic rings. The number of hydrogen-bond acceptors (Lipinski definition) is 8. The second kappa shape index (κ2) is 10.4. The van der Waals surface area contributed by atoms with Crippen LogP contribution in [0.1, 0.15) is 5.56 Å². The number of aliphatic hydroxyl groups excluding tert-OH is 1. The summed E-state index contributed by atoms with van der Waals surface area (Å²) >= 11 is 0. The van der Waals surface area contributed by atoms with Crippen molar-refractivity contribution in [1.29, 1.82) is 0 Å². The van der Waals surface area contributed by atoms with Gasteiger partial charge in [0, 0.05) is 0 Å². The number of hydrogen-bond donors (Lipinski definition) is 2. The molecule has 0 saturated heterocycles. The lowest BCUT2D eigenvalue weighted by Crippen LogP contribution is -2.13. The van der Waals surface area contributed by atoms with Crippen LogP contribution in [0, 0.1) is 0 Å². The SMILES string of the molecule is COc1ccccc1Oc1c(NS(=O)(=O)/C=C/c2ccccc2)ncnc1OCCO. The molecular weight excluding hydrogens is 422 g/mol. The van der Waals surface area contributed by atoms with E-state index in [-0.39, 0.29) is 30.7 Å². The van der Waals surface area contributed by atoms with E-state index in [0.717, 1.165) is 11.7 Å². The Hall–Kier alpha value is -3.63. The molecule has 1 aromatic heterocycles. The van der Waals surface area contributed by atoms with E-state index in [1.54, 1.807) is 48.5 Å². The molecule has 10 heteroatoms. The Morgan fingerprint density at radius 2 is 1.74 bits per heavy atom. The molecule has 0 bridgehead atoms. The number of benzene rings is 2. The van der Waals surface area contributed by atoms with Crippen molar-refractivity contribution in [1.82, 2.24) is 9.97 Å². The van der Waals surface area contributed by atoms with Crippen LogP contribution in [0.4, 0.5) is 5.82 Å². The Labute approximate surface area is 180 Å². The van der Waals surface area contributed by atoms with Crippen molar-refractivity contribution < 1.29 is 27.7 Å². The van der Waals surface area contributed by atoms with E-state index >= 15 is 0 Å². The Balaban J connectivity index is 1.94. The summed E-state index contributed by atoms with van der Waals surface area (Å²) in [5.74, 6) is 0.467. The molecular formula is C21H21N3O6S. The van der Waals surface area contributed by atoms with E-state index < -0.39 is 10.0 Å². The summed E-state index contributed by atoms with van der Waals surface area (Å²) in [6.07, 6.45) is 2.58. The third-order valence-corrected chi connectivity index (χ3v) is 4.83. The number of ether oxygens (including phenoxy) is 3. The highest BCUT2D eigenvalue weighted by Crippen LogP contribution is 2.39. The molecule has 0 atom stereocenters. The average Bonchev–Trinajstić information content (AvgIpc) is 2.79. The minimum absolute atomic E-state index is 0.0419. The molecule has 31 heavy (non-hydrogen) atoms. The summed E-state index contributed by atoms with van der Waals surface area (Å²) in [7, 11) is -2.46. The number of sulfonamides is 1. The van der Waals surface area contributed by atoms with Gasteiger partial charge in [-0.3, -0.25) is 4.72 Å². The molecule has 0 aliphatic heterocycles. The van der Waals surface area contributed by atoms with Crippen LogP contribution < -0.4 is 18.9 Å². The van der Waals surface area contributed by atoms with Gasteiger partial charge in [-0.15, -0.1) is 0 Å².